The lowest BCUT2D eigenvalue weighted by Crippen LogP contribution is -2.21. The van der Waals surface area contributed by atoms with Gasteiger partial charge in [0.1, 0.15) is 0 Å². The van der Waals surface area contributed by atoms with Crippen molar-refractivity contribution in [2.24, 2.45) is 7.05 Å². The lowest BCUT2D eigenvalue weighted by Gasteiger charge is -2.21. The van der Waals surface area contributed by atoms with Crippen LogP contribution < -0.4 is 0 Å². The summed E-state index contributed by atoms with van der Waals surface area (Å²) >= 11 is 0. The highest BCUT2D eigenvalue weighted by molar-refractivity contribution is 5.22. The molecule has 104 valence electrons. The van der Waals surface area contributed by atoms with Gasteiger partial charge in [0.05, 0.1) is 5.69 Å². The van der Waals surface area contributed by atoms with Crippen LogP contribution in [0, 0.1) is 0 Å². The third kappa shape index (κ3) is 2.88. The Morgan fingerprint density at radius 1 is 1.21 bits per heavy atom. The molecule has 0 atom stereocenters. The molecule has 2 aromatic rings. The molecule has 0 amide bonds. The van der Waals surface area contributed by atoms with Gasteiger partial charge in [-0.15, -0.1) is 0 Å². The van der Waals surface area contributed by atoms with E-state index in [1.165, 1.54) is 5.69 Å². The van der Waals surface area contributed by atoms with Crippen molar-refractivity contribution in [2.75, 3.05) is 0 Å². The topological polar surface area (TPSA) is 46.5 Å². The SMILES string of the molecule is Cn1nc(CC(C)(C)c2ccn[nH]2)cc1C(C)(C)C. The summed E-state index contributed by atoms with van der Waals surface area (Å²) in [4.78, 5) is 0. The average Bonchev–Trinajstić information content (AvgIpc) is 2.85. The quantitative estimate of drug-likeness (QED) is 0.922. The first-order chi connectivity index (χ1) is 8.70. The molecule has 0 aliphatic carbocycles. The van der Waals surface area contributed by atoms with Crippen LogP contribution in [0.1, 0.15) is 51.7 Å². The Hall–Kier alpha value is -1.58. The van der Waals surface area contributed by atoms with Crippen molar-refractivity contribution < 1.29 is 0 Å². The molecular formula is C15H24N4. The number of hydrogen-bond donors (Lipinski definition) is 1. The molecule has 0 saturated carbocycles. The maximum atomic E-state index is 4.65. The molecule has 0 aliphatic rings. The average molecular weight is 260 g/mol. The van der Waals surface area contributed by atoms with Gasteiger partial charge in [-0.25, -0.2) is 0 Å². The summed E-state index contributed by atoms with van der Waals surface area (Å²) in [7, 11) is 2.02. The molecule has 0 aromatic carbocycles. The number of aromatic amines is 1. The summed E-state index contributed by atoms with van der Waals surface area (Å²) < 4.78 is 2.00. The lowest BCUT2D eigenvalue weighted by atomic mass is 9.84. The van der Waals surface area contributed by atoms with Crippen LogP contribution in [0.25, 0.3) is 0 Å². The van der Waals surface area contributed by atoms with Crippen LogP contribution >= 0.6 is 0 Å². The van der Waals surface area contributed by atoms with Crippen molar-refractivity contribution in [1.82, 2.24) is 20.0 Å². The molecule has 0 saturated heterocycles. The van der Waals surface area contributed by atoms with Crippen LogP contribution in [0.2, 0.25) is 0 Å². The van der Waals surface area contributed by atoms with Gasteiger partial charge in [-0.05, 0) is 12.1 Å². The molecule has 4 heteroatoms. The van der Waals surface area contributed by atoms with Gasteiger partial charge >= 0.3 is 0 Å². The first kappa shape index (κ1) is 13.8. The van der Waals surface area contributed by atoms with E-state index in [0.29, 0.717) is 0 Å². The normalized spacial score (nSPS) is 12.9. The van der Waals surface area contributed by atoms with E-state index < -0.39 is 0 Å². The standard InChI is InChI=1S/C15H24N4/c1-14(2,3)13-9-11(18-19(13)6)10-15(4,5)12-7-8-16-17-12/h7-9H,10H2,1-6H3,(H,16,17). The molecular weight excluding hydrogens is 236 g/mol. The van der Waals surface area contributed by atoms with Crippen molar-refractivity contribution in [2.45, 2.75) is 51.9 Å². The van der Waals surface area contributed by atoms with Crippen LogP contribution in [0.3, 0.4) is 0 Å². The second kappa shape index (κ2) is 4.51. The monoisotopic (exact) mass is 260 g/mol. The highest BCUT2D eigenvalue weighted by Crippen LogP contribution is 2.28. The smallest absolute Gasteiger partial charge is 0.0636 e. The fourth-order valence-electron chi connectivity index (χ4n) is 2.50. The van der Waals surface area contributed by atoms with Crippen LogP contribution in [0.4, 0.5) is 0 Å². The fourth-order valence-corrected chi connectivity index (χ4v) is 2.50. The zero-order valence-electron chi connectivity index (χ0n) is 12.8. The van der Waals surface area contributed by atoms with E-state index in [1.807, 2.05) is 17.8 Å². The number of nitrogens with one attached hydrogen (secondary N) is 1. The molecule has 0 bridgehead atoms. The van der Waals surface area contributed by atoms with Gasteiger partial charge in [0.15, 0.2) is 0 Å². The van der Waals surface area contributed by atoms with Gasteiger partial charge in [-0.1, -0.05) is 34.6 Å². The second-order valence-corrected chi connectivity index (χ2v) is 6.93. The van der Waals surface area contributed by atoms with Crippen LogP contribution in [0.15, 0.2) is 18.3 Å². The fraction of sp³-hybridized carbons (Fsp3) is 0.600. The Labute approximate surface area is 115 Å². The Morgan fingerprint density at radius 3 is 2.37 bits per heavy atom. The second-order valence-electron chi connectivity index (χ2n) is 6.93. The number of nitrogens with zero attached hydrogens (tertiary/aromatic N) is 3. The Bertz CT molecular complexity index is 541. The number of H-pyrrole nitrogens is 1. The van der Waals surface area contributed by atoms with E-state index in [4.69, 9.17) is 0 Å². The van der Waals surface area contributed by atoms with Crippen LogP contribution in [0.5, 0.6) is 0 Å². The molecule has 2 heterocycles. The Kier molecular flexibility index (Phi) is 3.29. The molecule has 19 heavy (non-hydrogen) atoms. The summed E-state index contributed by atoms with van der Waals surface area (Å²) in [6.07, 6.45) is 2.70. The van der Waals surface area contributed by atoms with Crippen LogP contribution in [-0.2, 0) is 24.3 Å². The molecule has 2 aromatic heterocycles. The van der Waals surface area contributed by atoms with E-state index >= 15 is 0 Å². The lowest BCUT2D eigenvalue weighted by molar-refractivity contribution is 0.491. The van der Waals surface area contributed by atoms with Gasteiger partial charge in [0.25, 0.3) is 0 Å². The minimum absolute atomic E-state index is 0.0139. The summed E-state index contributed by atoms with van der Waals surface area (Å²) in [5.41, 5.74) is 3.68. The van der Waals surface area contributed by atoms with E-state index in [2.05, 4.69) is 56.0 Å². The third-order valence-electron chi connectivity index (χ3n) is 3.55. The number of hydrogen-bond acceptors (Lipinski definition) is 2. The summed E-state index contributed by atoms with van der Waals surface area (Å²) in [5, 5.41) is 11.8. The summed E-state index contributed by atoms with van der Waals surface area (Å²) in [6.45, 7) is 11.1. The van der Waals surface area contributed by atoms with Gasteiger partial charge in [-0.2, -0.15) is 10.2 Å². The zero-order chi connectivity index (χ0) is 14.3. The number of aryl methyl sites for hydroxylation is 1. The van der Waals surface area contributed by atoms with E-state index in [-0.39, 0.29) is 10.8 Å². The minimum Gasteiger partial charge on any atom is -0.282 e. The highest BCUT2D eigenvalue weighted by Gasteiger charge is 2.26. The van der Waals surface area contributed by atoms with E-state index in [9.17, 15) is 0 Å². The molecule has 0 radical (unpaired) electrons. The van der Waals surface area contributed by atoms with Gasteiger partial charge < -0.3 is 0 Å². The first-order valence-electron chi connectivity index (χ1n) is 6.73. The highest BCUT2D eigenvalue weighted by atomic mass is 15.3. The number of aromatic nitrogens is 4. The molecule has 0 aliphatic heterocycles. The largest absolute Gasteiger partial charge is 0.282 e. The minimum atomic E-state index is 0.0139. The summed E-state index contributed by atoms with van der Waals surface area (Å²) in [5.74, 6) is 0. The number of rotatable bonds is 3. The van der Waals surface area contributed by atoms with Gasteiger partial charge in [-0.3, -0.25) is 9.78 Å². The summed E-state index contributed by atoms with van der Waals surface area (Å²) in [6, 6.07) is 4.26. The molecule has 4 nitrogen and oxygen atoms in total. The third-order valence-corrected chi connectivity index (χ3v) is 3.55. The maximum Gasteiger partial charge on any atom is 0.0636 e. The van der Waals surface area contributed by atoms with Gasteiger partial charge in [0.2, 0.25) is 0 Å². The first-order valence-corrected chi connectivity index (χ1v) is 6.73. The van der Waals surface area contributed by atoms with E-state index in [0.717, 1.165) is 17.8 Å². The van der Waals surface area contributed by atoms with Gasteiger partial charge in [0, 0.05) is 41.9 Å². The van der Waals surface area contributed by atoms with Crippen molar-refractivity contribution in [3.8, 4) is 0 Å². The van der Waals surface area contributed by atoms with Crippen molar-refractivity contribution in [3.05, 3.63) is 35.4 Å². The van der Waals surface area contributed by atoms with Crippen molar-refractivity contribution >= 4 is 0 Å². The van der Waals surface area contributed by atoms with Crippen LogP contribution in [-0.4, -0.2) is 20.0 Å². The molecule has 2 rings (SSSR count). The predicted octanol–water partition coefficient (Wildman–Crippen LogP) is 2.96. The van der Waals surface area contributed by atoms with Crippen molar-refractivity contribution in [3.63, 3.8) is 0 Å². The van der Waals surface area contributed by atoms with E-state index in [1.54, 1.807) is 6.20 Å². The molecule has 0 fully saturated rings. The Morgan fingerprint density at radius 2 is 1.89 bits per heavy atom. The zero-order valence-corrected chi connectivity index (χ0v) is 12.8. The predicted molar refractivity (Wildman–Crippen MR) is 77.2 cm³/mol. The van der Waals surface area contributed by atoms with Crippen molar-refractivity contribution in [1.29, 1.82) is 0 Å². The molecule has 0 spiro atoms. The molecule has 1 N–H and O–H groups in total. The Balaban J connectivity index is 2.25. The maximum absolute atomic E-state index is 4.65. The molecule has 0 unspecified atom stereocenters.